The Morgan fingerprint density at radius 2 is 1.84 bits per heavy atom. The lowest BCUT2D eigenvalue weighted by Crippen LogP contribution is -2.53. The van der Waals surface area contributed by atoms with Gasteiger partial charge in [-0.1, -0.05) is 42.5 Å². The highest BCUT2D eigenvalue weighted by Crippen LogP contribution is 2.33. The normalized spacial score (nSPS) is 16.8. The van der Waals surface area contributed by atoms with Crippen LogP contribution in [0.1, 0.15) is 29.2 Å². The number of rotatable bonds is 5. The van der Waals surface area contributed by atoms with Gasteiger partial charge in [0, 0.05) is 31.4 Å². The van der Waals surface area contributed by atoms with Crippen LogP contribution in [0.25, 0.3) is 0 Å². The minimum absolute atomic E-state index is 0.167. The maximum atomic E-state index is 12.8. The summed E-state index contributed by atoms with van der Waals surface area (Å²) in [4.78, 5) is 12.8. The van der Waals surface area contributed by atoms with Gasteiger partial charge in [0.25, 0.3) is 0 Å². The number of para-hydroxylation sites is 1. The molecule has 1 heterocycles. The van der Waals surface area contributed by atoms with E-state index in [1.165, 1.54) is 16.7 Å². The summed E-state index contributed by atoms with van der Waals surface area (Å²) in [6.45, 7) is 3.57. The van der Waals surface area contributed by atoms with E-state index in [-0.39, 0.29) is 5.97 Å². The lowest BCUT2D eigenvalue weighted by Gasteiger charge is -2.28. The summed E-state index contributed by atoms with van der Waals surface area (Å²) >= 11 is 0. The van der Waals surface area contributed by atoms with Gasteiger partial charge in [-0.15, -0.1) is 0 Å². The molecule has 0 amide bonds. The van der Waals surface area contributed by atoms with Crippen molar-refractivity contribution in [2.75, 3.05) is 13.2 Å². The molecule has 0 aromatic heterocycles. The molecule has 0 bridgehead atoms. The molecule has 0 radical (unpaired) electrons. The highest BCUT2D eigenvalue weighted by molar-refractivity contribution is 5.83. The van der Waals surface area contributed by atoms with Gasteiger partial charge < -0.3 is 9.47 Å². The van der Waals surface area contributed by atoms with Crippen molar-refractivity contribution in [1.82, 2.24) is 5.32 Å². The van der Waals surface area contributed by atoms with Crippen LogP contribution in [0.4, 0.5) is 0 Å². The predicted octanol–water partition coefficient (Wildman–Crippen LogP) is 2.81. The molecule has 0 saturated heterocycles. The number of fused-ring (bicyclic) bond motifs is 2. The number of hydrogen-bond acceptors (Lipinski definition) is 4. The van der Waals surface area contributed by atoms with Gasteiger partial charge in [-0.2, -0.15) is 0 Å². The van der Waals surface area contributed by atoms with E-state index >= 15 is 0 Å². The summed E-state index contributed by atoms with van der Waals surface area (Å²) in [5, 5.41) is 3.52. The Balaban J connectivity index is 1.59. The van der Waals surface area contributed by atoms with Gasteiger partial charge in [-0.05, 0) is 23.6 Å². The quantitative estimate of drug-likeness (QED) is 0.853. The topological polar surface area (TPSA) is 47.6 Å². The zero-order valence-electron chi connectivity index (χ0n) is 14.5. The molecule has 130 valence electrons. The molecule has 4 nitrogen and oxygen atoms in total. The second-order valence-corrected chi connectivity index (χ2v) is 6.78. The van der Waals surface area contributed by atoms with Crippen molar-refractivity contribution in [3.05, 3.63) is 64.7 Å². The van der Waals surface area contributed by atoms with Crippen molar-refractivity contribution in [2.45, 2.75) is 38.3 Å². The third-order valence-corrected chi connectivity index (χ3v) is 5.18. The molecule has 2 aromatic rings. The van der Waals surface area contributed by atoms with Gasteiger partial charge in [-0.25, -0.2) is 0 Å². The van der Waals surface area contributed by atoms with E-state index in [0.717, 1.165) is 24.3 Å². The maximum Gasteiger partial charge on any atom is 0.327 e. The van der Waals surface area contributed by atoms with Gasteiger partial charge in [0.1, 0.15) is 11.3 Å². The second kappa shape index (κ2) is 6.52. The van der Waals surface area contributed by atoms with Crippen molar-refractivity contribution >= 4 is 5.97 Å². The third kappa shape index (κ3) is 2.91. The molecule has 4 heteroatoms. The monoisotopic (exact) mass is 337 g/mol. The van der Waals surface area contributed by atoms with Gasteiger partial charge in [0.15, 0.2) is 0 Å². The average Bonchev–Trinajstić information content (AvgIpc) is 3.25. The largest absolute Gasteiger partial charge is 0.493 e. The second-order valence-electron chi connectivity index (χ2n) is 6.78. The van der Waals surface area contributed by atoms with Crippen molar-refractivity contribution in [2.24, 2.45) is 0 Å². The van der Waals surface area contributed by atoms with E-state index < -0.39 is 5.54 Å². The average molecular weight is 337 g/mol. The Morgan fingerprint density at radius 1 is 1.12 bits per heavy atom. The van der Waals surface area contributed by atoms with Crippen LogP contribution in [0.5, 0.6) is 5.75 Å². The van der Waals surface area contributed by atoms with E-state index in [1.807, 2.05) is 19.1 Å². The lowest BCUT2D eigenvalue weighted by atomic mass is 9.95. The summed E-state index contributed by atoms with van der Waals surface area (Å²) in [7, 11) is 0. The van der Waals surface area contributed by atoms with E-state index in [9.17, 15) is 4.79 Å². The molecule has 4 rings (SSSR count). The van der Waals surface area contributed by atoms with Crippen LogP contribution in [-0.2, 0) is 35.3 Å². The van der Waals surface area contributed by atoms with E-state index in [2.05, 4.69) is 35.6 Å². The van der Waals surface area contributed by atoms with Crippen molar-refractivity contribution in [3.63, 3.8) is 0 Å². The number of benzene rings is 2. The number of carbonyl (C=O) groups is 1. The van der Waals surface area contributed by atoms with E-state index in [0.29, 0.717) is 26.0 Å². The molecule has 0 atom stereocenters. The molecular formula is C21H23NO3. The fourth-order valence-corrected chi connectivity index (χ4v) is 3.91. The van der Waals surface area contributed by atoms with Crippen LogP contribution < -0.4 is 10.1 Å². The predicted molar refractivity (Wildman–Crippen MR) is 95.7 cm³/mol. The molecule has 2 aromatic carbocycles. The molecule has 0 fully saturated rings. The van der Waals surface area contributed by atoms with Crippen LogP contribution in [0.3, 0.4) is 0 Å². The first-order valence-electron chi connectivity index (χ1n) is 8.94. The summed E-state index contributed by atoms with van der Waals surface area (Å²) in [6.07, 6.45) is 2.29. The molecule has 1 aliphatic carbocycles. The highest BCUT2D eigenvalue weighted by atomic mass is 16.5. The molecule has 25 heavy (non-hydrogen) atoms. The van der Waals surface area contributed by atoms with Gasteiger partial charge in [-0.3, -0.25) is 10.1 Å². The Labute approximate surface area is 148 Å². The zero-order chi connectivity index (χ0) is 17.3. The standard InChI is InChI=1S/C21H23NO3/c1-2-24-20(23)21(12-16-6-3-4-7-17(16)13-21)22-14-18-9-5-8-15-10-11-25-19(15)18/h3-9,22H,2,10-14H2,1H3. The minimum Gasteiger partial charge on any atom is -0.493 e. The summed E-state index contributed by atoms with van der Waals surface area (Å²) in [5.41, 5.74) is 4.10. The van der Waals surface area contributed by atoms with Crippen LogP contribution >= 0.6 is 0 Å². The van der Waals surface area contributed by atoms with Gasteiger partial charge >= 0.3 is 5.97 Å². The molecule has 1 aliphatic heterocycles. The molecule has 0 unspecified atom stereocenters. The Kier molecular flexibility index (Phi) is 4.22. The summed E-state index contributed by atoms with van der Waals surface area (Å²) < 4.78 is 11.2. The first kappa shape index (κ1) is 16.2. The fraction of sp³-hybridized carbons (Fsp3) is 0.381. The van der Waals surface area contributed by atoms with Crippen LogP contribution in [-0.4, -0.2) is 24.7 Å². The van der Waals surface area contributed by atoms with Gasteiger partial charge in [0.05, 0.1) is 13.2 Å². The lowest BCUT2D eigenvalue weighted by molar-refractivity contribution is -0.151. The van der Waals surface area contributed by atoms with Crippen LogP contribution in [0.2, 0.25) is 0 Å². The first-order chi connectivity index (χ1) is 12.2. The molecule has 1 N–H and O–H groups in total. The smallest absolute Gasteiger partial charge is 0.327 e. The fourth-order valence-electron chi connectivity index (χ4n) is 3.91. The summed E-state index contributed by atoms with van der Waals surface area (Å²) in [5.74, 6) is 0.809. The number of nitrogens with one attached hydrogen (secondary N) is 1. The molecule has 0 saturated carbocycles. The zero-order valence-corrected chi connectivity index (χ0v) is 14.5. The Hall–Kier alpha value is -2.33. The van der Waals surface area contributed by atoms with E-state index in [1.54, 1.807) is 0 Å². The van der Waals surface area contributed by atoms with E-state index in [4.69, 9.17) is 9.47 Å². The molecular weight excluding hydrogens is 314 g/mol. The Bertz CT molecular complexity index is 774. The third-order valence-electron chi connectivity index (χ3n) is 5.18. The first-order valence-corrected chi connectivity index (χ1v) is 8.94. The SMILES string of the molecule is CCOC(=O)C1(NCc2cccc3c2OCC3)Cc2ccccc2C1. The van der Waals surface area contributed by atoms with Gasteiger partial charge in [0.2, 0.25) is 0 Å². The van der Waals surface area contributed by atoms with Crippen molar-refractivity contribution < 1.29 is 14.3 Å². The number of esters is 1. The van der Waals surface area contributed by atoms with Crippen LogP contribution in [0, 0.1) is 0 Å². The molecule has 0 spiro atoms. The van der Waals surface area contributed by atoms with Crippen molar-refractivity contribution in [1.29, 1.82) is 0 Å². The number of carbonyl (C=O) groups excluding carboxylic acids is 1. The minimum atomic E-state index is -0.693. The maximum absolute atomic E-state index is 12.8. The summed E-state index contributed by atoms with van der Waals surface area (Å²) in [6, 6.07) is 14.5. The van der Waals surface area contributed by atoms with Crippen molar-refractivity contribution in [3.8, 4) is 5.75 Å². The molecule has 2 aliphatic rings. The number of ether oxygens (including phenoxy) is 2. The number of hydrogen-bond donors (Lipinski definition) is 1. The van der Waals surface area contributed by atoms with Crippen LogP contribution in [0.15, 0.2) is 42.5 Å². The highest BCUT2D eigenvalue weighted by Gasteiger charge is 2.44. The Morgan fingerprint density at radius 3 is 2.56 bits per heavy atom.